The third-order valence-electron chi connectivity index (χ3n) is 6.88. The summed E-state index contributed by atoms with van der Waals surface area (Å²) >= 11 is 0. The van der Waals surface area contributed by atoms with E-state index in [4.69, 9.17) is 4.74 Å². The van der Waals surface area contributed by atoms with E-state index < -0.39 is 47.0 Å². The molecule has 0 saturated carbocycles. The zero-order valence-corrected chi connectivity index (χ0v) is 19.2. The van der Waals surface area contributed by atoms with Crippen molar-refractivity contribution in [2.24, 2.45) is 0 Å². The van der Waals surface area contributed by atoms with Crippen LogP contribution in [-0.2, 0) is 11.2 Å². The molecule has 9 heteroatoms. The first-order chi connectivity index (χ1) is 17.1. The zero-order valence-electron chi connectivity index (χ0n) is 19.2. The number of hydrogen-bond donors (Lipinski definition) is 5. The van der Waals surface area contributed by atoms with Gasteiger partial charge in [-0.1, -0.05) is 42.5 Å². The van der Waals surface area contributed by atoms with Gasteiger partial charge >= 0.3 is 6.09 Å². The Morgan fingerprint density at radius 1 is 0.972 bits per heavy atom. The quantitative estimate of drug-likeness (QED) is 0.275. The maximum absolute atomic E-state index is 13.2. The molecule has 0 saturated heterocycles. The second-order valence-electron chi connectivity index (χ2n) is 9.08. The van der Waals surface area contributed by atoms with Crippen LogP contribution in [0.3, 0.4) is 0 Å². The molecule has 0 aromatic heterocycles. The number of hydrogen-bond acceptors (Lipinski definition) is 8. The number of ether oxygens (including phenoxy) is 1. The van der Waals surface area contributed by atoms with Crippen molar-refractivity contribution in [3.05, 3.63) is 88.0 Å². The Labute approximate surface area is 205 Å². The van der Waals surface area contributed by atoms with Gasteiger partial charge in [-0.2, -0.15) is 0 Å². The van der Waals surface area contributed by atoms with E-state index in [0.29, 0.717) is 5.69 Å². The molecule has 2 aliphatic rings. The van der Waals surface area contributed by atoms with Crippen LogP contribution in [0, 0.1) is 0 Å². The molecule has 0 radical (unpaired) electrons. The zero-order chi connectivity index (χ0) is 25.8. The monoisotopic (exact) mass is 489 g/mol. The van der Waals surface area contributed by atoms with Crippen LogP contribution in [0.1, 0.15) is 62.4 Å². The van der Waals surface area contributed by atoms with Crippen LogP contribution >= 0.6 is 0 Å². The molecule has 184 valence electrons. The minimum atomic E-state index is -1.85. The molecule has 5 rings (SSSR count). The third-order valence-corrected chi connectivity index (χ3v) is 6.88. The van der Waals surface area contributed by atoms with E-state index in [1.165, 1.54) is 19.1 Å². The fourth-order valence-corrected chi connectivity index (χ4v) is 4.99. The van der Waals surface area contributed by atoms with E-state index in [2.05, 4.69) is 5.32 Å². The highest BCUT2D eigenvalue weighted by atomic mass is 16.6. The molecule has 3 atom stereocenters. The van der Waals surface area contributed by atoms with Crippen molar-refractivity contribution in [2.75, 3.05) is 5.32 Å². The van der Waals surface area contributed by atoms with Crippen molar-refractivity contribution in [1.82, 2.24) is 0 Å². The molecular weight excluding hydrogens is 466 g/mol. The van der Waals surface area contributed by atoms with Gasteiger partial charge in [0.05, 0.1) is 17.2 Å². The summed E-state index contributed by atoms with van der Waals surface area (Å²) in [4.78, 5) is 38.7. The molecule has 3 aromatic rings. The lowest BCUT2D eigenvalue weighted by molar-refractivity contribution is -0.101. The first-order valence-electron chi connectivity index (χ1n) is 11.3. The van der Waals surface area contributed by atoms with Gasteiger partial charge in [-0.25, -0.2) is 4.79 Å². The molecule has 9 nitrogen and oxygen atoms in total. The fraction of sp³-hybridized carbons (Fsp3) is 0.222. The number of ketones is 2. The third kappa shape index (κ3) is 3.60. The van der Waals surface area contributed by atoms with Gasteiger partial charge in [0.1, 0.15) is 23.2 Å². The number of aliphatic hydroxyl groups excluding tert-OH is 1. The Kier molecular flexibility index (Phi) is 5.54. The van der Waals surface area contributed by atoms with Gasteiger partial charge < -0.3 is 25.2 Å². The number of carbonyl (C=O) groups is 3. The molecule has 0 heterocycles. The first-order valence-corrected chi connectivity index (χ1v) is 11.3. The number of fused-ring (bicyclic) bond motifs is 3. The Hall–Kier alpha value is -4.21. The molecule has 36 heavy (non-hydrogen) atoms. The van der Waals surface area contributed by atoms with Crippen LogP contribution in [0.2, 0.25) is 0 Å². The minimum absolute atomic E-state index is 0.0746. The topological polar surface area (TPSA) is 153 Å². The second kappa shape index (κ2) is 8.47. The average molecular weight is 489 g/mol. The van der Waals surface area contributed by atoms with Crippen molar-refractivity contribution >= 4 is 23.3 Å². The lowest BCUT2D eigenvalue weighted by Crippen LogP contribution is -2.49. The molecule has 5 N–H and O–H groups in total. The highest BCUT2D eigenvalue weighted by Crippen LogP contribution is 2.50. The van der Waals surface area contributed by atoms with E-state index in [1.807, 2.05) is 0 Å². The molecule has 0 bridgehead atoms. The fourth-order valence-electron chi connectivity index (χ4n) is 4.99. The summed E-state index contributed by atoms with van der Waals surface area (Å²) in [6.45, 7) is 1.43. The highest BCUT2D eigenvalue weighted by Gasteiger charge is 2.48. The van der Waals surface area contributed by atoms with Crippen LogP contribution in [0.25, 0.3) is 0 Å². The maximum atomic E-state index is 13.2. The van der Waals surface area contributed by atoms with Crippen LogP contribution in [0.5, 0.6) is 11.5 Å². The van der Waals surface area contributed by atoms with Crippen molar-refractivity contribution < 1.29 is 39.5 Å². The number of aromatic hydroxyl groups is 2. The molecule has 0 aliphatic heterocycles. The normalized spacial score (nSPS) is 21.1. The smallest absolute Gasteiger partial charge is 0.411 e. The number of benzene rings is 3. The van der Waals surface area contributed by atoms with Gasteiger partial charge in [-0.05, 0) is 19.1 Å². The molecule has 2 aliphatic carbocycles. The summed E-state index contributed by atoms with van der Waals surface area (Å²) < 4.78 is 5.35. The largest absolute Gasteiger partial charge is 0.507 e. The van der Waals surface area contributed by atoms with Crippen LogP contribution in [0.15, 0.2) is 54.6 Å². The van der Waals surface area contributed by atoms with Gasteiger partial charge in [0.2, 0.25) is 0 Å². The van der Waals surface area contributed by atoms with Gasteiger partial charge in [0.15, 0.2) is 11.6 Å². The first kappa shape index (κ1) is 23.5. The number of phenolic OH excluding ortho intramolecular Hbond substituents is 2. The summed E-state index contributed by atoms with van der Waals surface area (Å²) in [6, 6.07) is 14.6. The highest BCUT2D eigenvalue weighted by molar-refractivity contribution is 6.30. The lowest BCUT2D eigenvalue weighted by Gasteiger charge is -2.40. The number of rotatable bonds is 3. The van der Waals surface area contributed by atoms with E-state index in [9.17, 15) is 34.8 Å². The van der Waals surface area contributed by atoms with E-state index in [0.717, 1.165) is 0 Å². The Balaban J connectivity index is 1.50. The molecule has 0 spiro atoms. The summed E-state index contributed by atoms with van der Waals surface area (Å²) in [6.07, 6.45) is -4.21. The number of aliphatic hydroxyl groups is 2. The summed E-state index contributed by atoms with van der Waals surface area (Å²) in [5.41, 5.74) is -2.22. The number of para-hydroxylation sites is 1. The van der Waals surface area contributed by atoms with Gasteiger partial charge in [-0.3, -0.25) is 14.9 Å². The van der Waals surface area contributed by atoms with E-state index in [-0.39, 0.29) is 46.2 Å². The van der Waals surface area contributed by atoms with Gasteiger partial charge in [0.25, 0.3) is 0 Å². The number of amides is 1. The Morgan fingerprint density at radius 2 is 1.53 bits per heavy atom. The van der Waals surface area contributed by atoms with Crippen molar-refractivity contribution in [3.63, 3.8) is 0 Å². The van der Waals surface area contributed by atoms with Crippen molar-refractivity contribution in [1.29, 1.82) is 0 Å². The number of phenols is 2. The number of anilines is 1. The summed E-state index contributed by atoms with van der Waals surface area (Å²) in [7, 11) is 0. The Bertz CT molecular complexity index is 1420. The van der Waals surface area contributed by atoms with Gasteiger partial charge in [-0.15, -0.1) is 0 Å². The van der Waals surface area contributed by atoms with Crippen molar-refractivity contribution in [3.8, 4) is 11.5 Å². The van der Waals surface area contributed by atoms with Crippen molar-refractivity contribution in [2.45, 2.75) is 37.6 Å². The lowest BCUT2D eigenvalue weighted by atomic mass is 9.72. The molecule has 3 aromatic carbocycles. The molecular formula is C27H23NO8. The van der Waals surface area contributed by atoms with Gasteiger partial charge in [0, 0.05) is 40.8 Å². The van der Waals surface area contributed by atoms with E-state index in [1.54, 1.807) is 42.5 Å². The van der Waals surface area contributed by atoms with Crippen LogP contribution in [0.4, 0.5) is 10.5 Å². The number of carbonyl (C=O) groups excluding carboxylic acids is 3. The Morgan fingerprint density at radius 3 is 2.14 bits per heavy atom. The van der Waals surface area contributed by atoms with Crippen LogP contribution < -0.4 is 5.32 Å². The average Bonchev–Trinajstić information content (AvgIpc) is 2.85. The number of nitrogens with one attached hydrogen (secondary N) is 1. The molecule has 1 amide bonds. The SMILES string of the molecule is C[C@@H](OC(=O)Nc1ccccc1)C1(O)Cc2c(O)c3c(c(O)c2[C@@H](O)C1)C(=O)c1ccccc1C3=O. The maximum Gasteiger partial charge on any atom is 0.411 e. The molecule has 1 unspecified atom stereocenters. The second-order valence-corrected chi connectivity index (χ2v) is 9.08. The minimum Gasteiger partial charge on any atom is -0.507 e. The molecule has 0 fully saturated rings. The summed E-state index contributed by atoms with van der Waals surface area (Å²) in [5, 5.41) is 46.9. The standard InChI is InChI=1S/C27H23NO8/c1-13(36-26(34)28-14-7-3-2-4-8-14)27(35)11-17-19(18(29)12-27)25(33)21-20(24(17)32)22(30)15-9-5-6-10-16(15)23(21)31/h2-10,13,18,29,32-33,35H,11-12H2,1H3,(H,28,34)/t13-,18+,27?/m1/s1. The predicted octanol–water partition coefficient (Wildman–Crippen LogP) is 3.22. The van der Waals surface area contributed by atoms with Crippen LogP contribution in [-0.4, -0.2) is 49.8 Å². The summed E-state index contributed by atoms with van der Waals surface area (Å²) in [5.74, 6) is -2.54. The van der Waals surface area contributed by atoms with E-state index >= 15 is 0 Å². The predicted molar refractivity (Wildman–Crippen MR) is 127 cm³/mol.